The van der Waals surface area contributed by atoms with Crippen molar-refractivity contribution in [3.63, 3.8) is 0 Å². The Morgan fingerprint density at radius 2 is 1.69 bits per heavy atom. The molecule has 0 bridgehead atoms. The molecule has 1 heterocycles. The smallest absolute Gasteiger partial charge is 0.325 e. The lowest BCUT2D eigenvalue weighted by molar-refractivity contribution is -0.141. The Balaban J connectivity index is 2.20. The van der Waals surface area contributed by atoms with Crippen molar-refractivity contribution in [1.82, 2.24) is 4.57 Å². The monoisotopic (exact) mass is 416 g/mol. The number of thiazole rings is 1. The summed E-state index contributed by atoms with van der Waals surface area (Å²) in [5, 5.41) is 0. The Bertz CT molecular complexity index is 1110. The van der Waals surface area contributed by atoms with Crippen LogP contribution >= 0.6 is 11.3 Å². The minimum Gasteiger partial charge on any atom is -0.497 e. The predicted octanol–water partition coefficient (Wildman–Crippen LogP) is 2.64. The molecule has 0 unspecified atom stereocenters. The number of aromatic nitrogens is 1. The molecule has 9 heteroatoms. The van der Waals surface area contributed by atoms with E-state index in [1.54, 1.807) is 42.0 Å². The number of fused-ring (bicyclic) bond motifs is 1. The van der Waals surface area contributed by atoms with Crippen molar-refractivity contribution in [3.05, 3.63) is 46.8 Å². The number of methoxy groups -OCH3 is 4. The van der Waals surface area contributed by atoms with Crippen LogP contribution in [0.5, 0.6) is 17.2 Å². The lowest BCUT2D eigenvalue weighted by Gasteiger charge is -2.09. The Labute approximate surface area is 170 Å². The highest BCUT2D eigenvalue weighted by atomic mass is 32.1. The van der Waals surface area contributed by atoms with Gasteiger partial charge in [-0.1, -0.05) is 17.4 Å². The van der Waals surface area contributed by atoms with Crippen LogP contribution in [0.1, 0.15) is 10.4 Å². The van der Waals surface area contributed by atoms with Crippen molar-refractivity contribution in [3.8, 4) is 17.2 Å². The fraction of sp³-hybridized carbons (Fsp3) is 0.250. The van der Waals surface area contributed by atoms with Gasteiger partial charge < -0.3 is 23.5 Å². The second-order valence-corrected chi connectivity index (χ2v) is 6.84. The predicted molar refractivity (Wildman–Crippen MR) is 108 cm³/mol. The molecule has 0 saturated heterocycles. The van der Waals surface area contributed by atoms with Crippen molar-refractivity contribution >= 4 is 33.4 Å². The second-order valence-electron chi connectivity index (χ2n) is 5.84. The van der Waals surface area contributed by atoms with Crippen LogP contribution in [0.15, 0.2) is 41.4 Å². The molecule has 2 aromatic carbocycles. The van der Waals surface area contributed by atoms with Crippen LogP contribution in [0.3, 0.4) is 0 Å². The van der Waals surface area contributed by atoms with Crippen LogP contribution in [0.2, 0.25) is 0 Å². The third-order valence-electron chi connectivity index (χ3n) is 4.24. The first-order valence-corrected chi connectivity index (χ1v) is 9.38. The highest BCUT2D eigenvalue weighted by molar-refractivity contribution is 7.16. The molecule has 0 N–H and O–H groups in total. The summed E-state index contributed by atoms with van der Waals surface area (Å²) in [7, 11) is 5.81. The van der Waals surface area contributed by atoms with Crippen molar-refractivity contribution in [2.24, 2.45) is 4.99 Å². The normalized spacial score (nSPS) is 11.4. The summed E-state index contributed by atoms with van der Waals surface area (Å²) < 4.78 is 23.1. The minimum atomic E-state index is -0.545. The molecule has 0 aliphatic heterocycles. The topological polar surface area (TPSA) is 88.4 Å². The molecule has 29 heavy (non-hydrogen) atoms. The number of rotatable bonds is 6. The summed E-state index contributed by atoms with van der Waals surface area (Å²) in [5.74, 6) is 0.356. The van der Waals surface area contributed by atoms with Gasteiger partial charge in [-0.25, -0.2) is 0 Å². The molecule has 8 nitrogen and oxygen atoms in total. The zero-order valence-electron chi connectivity index (χ0n) is 16.4. The number of benzene rings is 2. The molecule has 1 aromatic heterocycles. The number of carbonyl (C=O) groups is 2. The van der Waals surface area contributed by atoms with E-state index in [2.05, 4.69) is 4.99 Å². The van der Waals surface area contributed by atoms with Crippen LogP contribution < -0.4 is 19.0 Å². The van der Waals surface area contributed by atoms with Crippen LogP contribution in [-0.4, -0.2) is 44.9 Å². The van der Waals surface area contributed by atoms with Gasteiger partial charge in [0.05, 0.1) is 38.7 Å². The lowest BCUT2D eigenvalue weighted by Crippen LogP contribution is -2.22. The Morgan fingerprint density at radius 1 is 1.00 bits per heavy atom. The van der Waals surface area contributed by atoms with Gasteiger partial charge in [-0.3, -0.25) is 9.59 Å². The fourth-order valence-corrected chi connectivity index (χ4v) is 3.87. The average Bonchev–Trinajstić information content (AvgIpc) is 3.08. The maximum Gasteiger partial charge on any atom is 0.325 e. The number of carbonyl (C=O) groups excluding carboxylic acids is 2. The minimum absolute atomic E-state index is 0.0853. The summed E-state index contributed by atoms with van der Waals surface area (Å²) >= 11 is 1.26. The fourth-order valence-electron chi connectivity index (χ4n) is 2.82. The standard InChI is InChI=1S/C20H20N2O6S/c1-25-12-8-9-13-16(10-12)29-20(22(13)11-17(23)28-4)21-19(24)18-14(26-2)6-5-7-15(18)27-3/h5-10H,11H2,1-4H3. The zero-order valence-corrected chi connectivity index (χ0v) is 17.2. The number of nitrogens with zero attached hydrogens (tertiary/aromatic N) is 2. The molecule has 0 radical (unpaired) electrons. The van der Waals surface area contributed by atoms with Crippen molar-refractivity contribution in [2.75, 3.05) is 28.4 Å². The molecule has 3 aromatic rings. The van der Waals surface area contributed by atoms with Crippen molar-refractivity contribution in [1.29, 1.82) is 0 Å². The van der Waals surface area contributed by atoms with Gasteiger partial charge in [0.15, 0.2) is 4.80 Å². The quantitative estimate of drug-likeness (QED) is 0.574. The lowest BCUT2D eigenvalue weighted by atomic mass is 10.1. The molecule has 0 atom stereocenters. The Morgan fingerprint density at radius 3 is 2.28 bits per heavy atom. The first-order chi connectivity index (χ1) is 14.0. The molecule has 0 aliphatic rings. The highest BCUT2D eigenvalue weighted by Gasteiger charge is 2.19. The first-order valence-electron chi connectivity index (χ1n) is 8.56. The van der Waals surface area contributed by atoms with Gasteiger partial charge in [-0.05, 0) is 30.3 Å². The van der Waals surface area contributed by atoms with Gasteiger partial charge in [-0.15, -0.1) is 0 Å². The van der Waals surface area contributed by atoms with E-state index in [1.165, 1.54) is 32.7 Å². The molecule has 0 fully saturated rings. The molecule has 0 saturated carbocycles. The van der Waals surface area contributed by atoms with Gasteiger partial charge in [0, 0.05) is 0 Å². The largest absolute Gasteiger partial charge is 0.497 e. The van der Waals surface area contributed by atoms with Gasteiger partial charge in [0.1, 0.15) is 29.4 Å². The second kappa shape index (κ2) is 8.78. The number of hydrogen-bond acceptors (Lipinski definition) is 7. The Kier molecular flexibility index (Phi) is 6.18. The molecular weight excluding hydrogens is 396 g/mol. The van der Waals surface area contributed by atoms with Crippen molar-refractivity contribution < 1.29 is 28.5 Å². The summed E-state index contributed by atoms with van der Waals surface area (Å²) in [6.45, 7) is -0.0853. The van der Waals surface area contributed by atoms with Crippen LogP contribution in [-0.2, 0) is 16.1 Å². The SMILES string of the molecule is COC(=O)Cn1c(=NC(=O)c2c(OC)cccc2OC)sc2cc(OC)ccc21. The van der Waals surface area contributed by atoms with E-state index >= 15 is 0 Å². The molecule has 0 spiro atoms. The number of amides is 1. The van der Waals surface area contributed by atoms with Crippen LogP contribution in [0.25, 0.3) is 10.2 Å². The third-order valence-corrected chi connectivity index (χ3v) is 5.28. The van der Waals surface area contributed by atoms with E-state index in [1.807, 2.05) is 6.07 Å². The first kappa shape index (κ1) is 20.4. The van der Waals surface area contributed by atoms with E-state index in [-0.39, 0.29) is 12.1 Å². The van der Waals surface area contributed by atoms with Crippen molar-refractivity contribution in [2.45, 2.75) is 6.54 Å². The molecule has 3 rings (SSSR count). The van der Waals surface area contributed by atoms with E-state index in [4.69, 9.17) is 18.9 Å². The summed E-state index contributed by atoms with van der Waals surface area (Å²) in [6.07, 6.45) is 0. The zero-order chi connectivity index (χ0) is 21.0. The Hall–Kier alpha value is -3.33. The van der Waals surface area contributed by atoms with E-state index in [0.29, 0.717) is 22.0 Å². The average molecular weight is 416 g/mol. The van der Waals surface area contributed by atoms with E-state index < -0.39 is 11.9 Å². The van der Waals surface area contributed by atoms with E-state index in [9.17, 15) is 9.59 Å². The molecule has 152 valence electrons. The van der Waals surface area contributed by atoms with Gasteiger partial charge in [0.2, 0.25) is 0 Å². The third kappa shape index (κ3) is 4.09. The maximum absolute atomic E-state index is 13.0. The maximum atomic E-state index is 13.0. The number of hydrogen-bond donors (Lipinski definition) is 0. The van der Waals surface area contributed by atoms with Crippen LogP contribution in [0.4, 0.5) is 0 Å². The van der Waals surface area contributed by atoms with E-state index in [0.717, 1.165) is 10.2 Å². The highest BCUT2D eigenvalue weighted by Crippen LogP contribution is 2.29. The van der Waals surface area contributed by atoms with Crippen LogP contribution in [0, 0.1) is 0 Å². The molecule has 1 amide bonds. The van der Waals surface area contributed by atoms with Gasteiger partial charge in [-0.2, -0.15) is 4.99 Å². The number of esters is 1. The van der Waals surface area contributed by atoms with Gasteiger partial charge in [0.25, 0.3) is 5.91 Å². The summed E-state index contributed by atoms with van der Waals surface area (Å²) in [6, 6.07) is 10.4. The molecule has 0 aliphatic carbocycles. The summed E-state index contributed by atoms with van der Waals surface area (Å²) in [5.41, 5.74) is 0.942. The summed E-state index contributed by atoms with van der Waals surface area (Å²) in [4.78, 5) is 29.5. The number of ether oxygens (including phenoxy) is 4. The van der Waals surface area contributed by atoms with Gasteiger partial charge >= 0.3 is 5.97 Å². The molecular formula is C20H20N2O6S.